The van der Waals surface area contributed by atoms with Crippen LogP contribution in [0, 0.1) is 17.1 Å². The molecule has 3 aromatic rings. The van der Waals surface area contributed by atoms with Crippen molar-refractivity contribution in [1.82, 2.24) is 9.97 Å². The number of aromatic nitrogens is 2. The summed E-state index contributed by atoms with van der Waals surface area (Å²) in [5, 5.41) is 12.1. The van der Waals surface area contributed by atoms with E-state index in [9.17, 15) is 4.39 Å². The van der Waals surface area contributed by atoms with Gasteiger partial charge in [0.2, 0.25) is 5.95 Å². The maximum Gasteiger partial charge on any atom is 0.227 e. The van der Waals surface area contributed by atoms with E-state index >= 15 is 0 Å². The molecule has 0 aliphatic rings. The number of nitrogens with zero attached hydrogens (tertiary/aromatic N) is 3. The molecule has 1 N–H and O–H groups in total. The Morgan fingerprint density at radius 2 is 1.85 bits per heavy atom. The van der Waals surface area contributed by atoms with Gasteiger partial charge in [0.25, 0.3) is 0 Å². The van der Waals surface area contributed by atoms with Crippen LogP contribution in [0.1, 0.15) is 5.56 Å². The molecule has 0 saturated carbocycles. The molecule has 0 radical (unpaired) electrons. The van der Waals surface area contributed by atoms with Gasteiger partial charge in [-0.3, -0.25) is 0 Å². The molecule has 0 bridgehead atoms. The van der Waals surface area contributed by atoms with Gasteiger partial charge in [-0.2, -0.15) is 5.26 Å². The van der Waals surface area contributed by atoms with Gasteiger partial charge in [0.05, 0.1) is 25.5 Å². The van der Waals surface area contributed by atoms with Gasteiger partial charge in [-0.1, -0.05) is 0 Å². The second kappa shape index (κ2) is 7.49. The number of nitriles is 1. The zero-order valence-electron chi connectivity index (χ0n) is 14.2. The molecule has 1 aromatic heterocycles. The zero-order chi connectivity index (χ0) is 18.5. The van der Waals surface area contributed by atoms with E-state index in [-0.39, 0.29) is 5.56 Å². The average molecular weight is 350 g/mol. The summed E-state index contributed by atoms with van der Waals surface area (Å²) in [6, 6.07) is 13.1. The molecule has 7 heteroatoms. The smallest absolute Gasteiger partial charge is 0.227 e. The number of hydrogen-bond acceptors (Lipinski definition) is 6. The van der Waals surface area contributed by atoms with E-state index in [1.807, 2.05) is 12.1 Å². The number of halogens is 1. The monoisotopic (exact) mass is 350 g/mol. The van der Waals surface area contributed by atoms with Crippen molar-refractivity contribution in [3.8, 4) is 28.8 Å². The minimum atomic E-state index is -0.561. The lowest BCUT2D eigenvalue weighted by atomic mass is 10.1. The number of anilines is 2. The van der Waals surface area contributed by atoms with E-state index in [1.165, 1.54) is 12.1 Å². The summed E-state index contributed by atoms with van der Waals surface area (Å²) in [6.07, 6.45) is 1.58. The molecule has 0 saturated heterocycles. The van der Waals surface area contributed by atoms with Gasteiger partial charge in [0, 0.05) is 23.5 Å². The first-order chi connectivity index (χ1) is 12.6. The maximum atomic E-state index is 13.5. The van der Waals surface area contributed by atoms with Crippen molar-refractivity contribution in [2.24, 2.45) is 0 Å². The molecule has 0 atom stereocenters. The first-order valence-electron chi connectivity index (χ1n) is 7.66. The summed E-state index contributed by atoms with van der Waals surface area (Å²) < 4.78 is 24.0. The molecular formula is C19H15FN4O2. The number of benzene rings is 2. The van der Waals surface area contributed by atoms with Gasteiger partial charge in [-0.05, 0) is 36.4 Å². The Bertz CT molecular complexity index is 986. The Morgan fingerprint density at radius 1 is 1.04 bits per heavy atom. The van der Waals surface area contributed by atoms with Gasteiger partial charge in [0.15, 0.2) is 11.5 Å². The highest BCUT2D eigenvalue weighted by atomic mass is 19.1. The number of methoxy groups -OCH3 is 2. The summed E-state index contributed by atoms with van der Waals surface area (Å²) >= 11 is 0. The molecule has 0 fully saturated rings. The van der Waals surface area contributed by atoms with E-state index < -0.39 is 5.82 Å². The van der Waals surface area contributed by atoms with Crippen LogP contribution in [0.3, 0.4) is 0 Å². The van der Waals surface area contributed by atoms with Gasteiger partial charge in [0.1, 0.15) is 11.9 Å². The average Bonchev–Trinajstić information content (AvgIpc) is 2.68. The summed E-state index contributed by atoms with van der Waals surface area (Å²) in [5.41, 5.74) is 1.88. The third-order valence-electron chi connectivity index (χ3n) is 3.68. The van der Waals surface area contributed by atoms with Crippen LogP contribution in [-0.4, -0.2) is 24.2 Å². The van der Waals surface area contributed by atoms with Gasteiger partial charge in [-0.25, -0.2) is 14.4 Å². The lowest BCUT2D eigenvalue weighted by Crippen LogP contribution is -1.99. The largest absolute Gasteiger partial charge is 0.493 e. The fourth-order valence-electron chi connectivity index (χ4n) is 2.39. The SMILES string of the molecule is COc1ccc(Nc2nccc(-c3ccc(F)c(C#N)c3)n2)cc1OC. The second-order valence-electron chi connectivity index (χ2n) is 5.27. The van der Waals surface area contributed by atoms with Crippen molar-refractivity contribution in [2.45, 2.75) is 0 Å². The van der Waals surface area contributed by atoms with Crippen LogP contribution in [0.2, 0.25) is 0 Å². The first kappa shape index (κ1) is 17.2. The maximum absolute atomic E-state index is 13.5. The second-order valence-corrected chi connectivity index (χ2v) is 5.27. The first-order valence-corrected chi connectivity index (χ1v) is 7.66. The molecule has 1 heterocycles. The Labute approximate surface area is 149 Å². The Hall–Kier alpha value is -3.66. The van der Waals surface area contributed by atoms with E-state index in [0.717, 1.165) is 5.69 Å². The van der Waals surface area contributed by atoms with E-state index in [4.69, 9.17) is 14.7 Å². The van der Waals surface area contributed by atoms with E-state index in [1.54, 1.807) is 44.7 Å². The molecule has 130 valence electrons. The van der Waals surface area contributed by atoms with Crippen LogP contribution < -0.4 is 14.8 Å². The standard InChI is InChI=1S/C19H15FN4O2/c1-25-17-6-4-14(10-18(17)26-2)23-19-22-8-7-16(24-19)12-3-5-15(20)13(9-12)11-21/h3-10H,1-2H3,(H,22,23,24). The van der Waals surface area contributed by atoms with Gasteiger partial charge >= 0.3 is 0 Å². The van der Waals surface area contributed by atoms with Crippen LogP contribution in [-0.2, 0) is 0 Å². The van der Waals surface area contributed by atoms with Crippen molar-refractivity contribution in [3.63, 3.8) is 0 Å². The Balaban J connectivity index is 1.90. The predicted molar refractivity (Wildman–Crippen MR) is 95.0 cm³/mol. The van der Waals surface area contributed by atoms with Gasteiger partial charge in [-0.15, -0.1) is 0 Å². The van der Waals surface area contributed by atoms with Crippen LogP contribution in [0.4, 0.5) is 16.0 Å². The molecule has 0 spiro atoms. The third-order valence-corrected chi connectivity index (χ3v) is 3.68. The zero-order valence-corrected chi connectivity index (χ0v) is 14.2. The number of nitrogens with one attached hydrogen (secondary N) is 1. The molecular weight excluding hydrogens is 335 g/mol. The molecule has 0 amide bonds. The highest BCUT2D eigenvalue weighted by Crippen LogP contribution is 2.31. The lowest BCUT2D eigenvalue weighted by Gasteiger charge is -2.11. The molecule has 6 nitrogen and oxygen atoms in total. The van der Waals surface area contributed by atoms with Crippen molar-refractivity contribution in [1.29, 1.82) is 5.26 Å². The molecule has 0 aliphatic heterocycles. The summed E-state index contributed by atoms with van der Waals surface area (Å²) in [7, 11) is 3.12. The van der Waals surface area contributed by atoms with Crippen molar-refractivity contribution < 1.29 is 13.9 Å². The molecule has 0 aliphatic carbocycles. The number of rotatable bonds is 5. The normalized spacial score (nSPS) is 10.1. The minimum absolute atomic E-state index is 0.0319. The summed E-state index contributed by atoms with van der Waals surface area (Å²) in [6.45, 7) is 0. The minimum Gasteiger partial charge on any atom is -0.493 e. The van der Waals surface area contributed by atoms with Crippen molar-refractivity contribution in [3.05, 3.63) is 60.0 Å². The Kier molecular flexibility index (Phi) is 4.94. The van der Waals surface area contributed by atoms with Crippen LogP contribution >= 0.6 is 0 Å². The fraction of sp³-hybridized carbons (Fsp3) is 0.105. The number of hydrogen-bond donors (Lipinski definition) is 1. The fourth-order valence-corrected chi connectivity index (χ4v) is 2.39. The topological polar surface area (TPSA) is 80.1 Å². The lowest BCUT2D eigenvalue weighted by molar-refractivity contribution is 0.355. The van der Waals surface area contributed by atoms with Crippen LogP contribution in [0.25, 0.3) is 11.3 Å². The van der Waals surface area contributed by atoms with Gasteiger partial charge < -0.3 is 14.8 Å². The molecule has 0 unspecified atom stereocenters. The molecule has 26 heavy (non-hydrogen) atoms. The predicted octanol–water partition coefficient (Wildman–Crippen LogP) is 3.92. The highest BCUT2D eigenvalue weighted by molar-refractivity contribution is 5.65. The van der Waals surface area contributed by atoms with Crippen molar-refractivity contribution >= 4 is 11.6 Å². The molecule has 2 aromatic carbocycles. The summed E-state index contributed by atoms with van der Waals surface area (Å²) in [4.78, 5) is 8.60. The highest BCUT2D eigenvalue weighted by Gasteiger charge is 2.09. The van der Waals surface area contributed by atoms with Crippen LogP contribution in [0.15, 0.2) is 48.7 Å². The number of ether oxygens (including phenoxy) is 2. The molecule has 3 rings (SSSR count). The quantitative estimate of drug-likeness (QED) is 0.751. The van der Waals surface area contributed by atoms with E-state index in [0.29, 0.717) is 28.7 Å². The van der Waals surface area contributed by atoms with Crippen molar-refractivity contribution in [2.75, 3.05) is 19.5 Å². The third kappa shape index (κ3) is 3.54. The summed E-state index contributed by atoms with van der Waals surface area (Å²) in [5.74, 6) is 0.987. The van der Waals surface area contributed by atoms with E-state index in [2.05, 4.69) is 15.3 Å². The Morgan fingerprint density at radius 3 is 2.58 bits per heavy atom. The van der Waals surface area contributed by atoms with Crippen LogP contribution in [0.5, 0.6) is 11.5 Å².